The van der Waals surface area contributed by atoms with Crippen molar-refractivity contribution >= 4 is 23.2 Å². The molecule has 3 rings (SSSR count). The maximum absolute atomic E-state index is 10.6. The van der Waals surface area contributed by atoms with Crippen LogP contribution in [0.2, 0.25) is 10.0 Å². The van der Waals surface area contributed by atoms with Crippen LogP contribution in [-0.2, 0) is 4.74 Å². The summed E-state index contributed by atoms with van der Waals surface area (Å²) in [6.45, 7) is 4.23. The Hall–Kier alpha value is -1.10. The smallest absolute Gasteiger partial charge is 0.108 e. The summed E-state index contributed by atoms with van der Waals surface area (Å²) in [5.74, 6) is 0. The van der Waals surface area contributed by atoms with Crippen molar-refractivity contribution in [2.75, 3.05) is 19.7 Å². The number of rotatable bonds is 8. The first kappa shape index (κ1) is 21.6. The van der Waals surface area contributed by atoms with Crippen LogP contribution in [0, 0.1) is 0 Å². The van der Waals surface area contributed by atoms with Crippen LogP contribution in [0.4, 0.5) is 0 Å². The lowest BCUT2D eigenvalue weighted by molar-refractivity contribution is -0.0187. The molecular formula is C23H29Cl2NO2. The summed E-state index contributed by atoms with van der Waals surface area (Å²) in [7, 11) is 0. The van der Waals surface area contributed by atoms with E-state index in [2.05, 4.69) is 11.8 Å². The van der Waals surface area contributed by atoms with Crippen molar-refractivity contribution in [3.8, 4) is 0 Å². The quantitative estimate of drug-likeness (QED) is 0.590. The van der Waals surface area contributed by atoms with E-state index in [1.807, 2.05) is 48.5 Å². The molecule has 2 aromatic rings. The van der Waals surface area contributed by atoms with Gasteiger partial charge >= 0.3 is 0 Å². The zero-order chi connectivity index (χ0) is 19.9. The number of aliphatic hydroxyl groups is 1. The van der Waals surface area contributed by atoms with Crippen LogP contribution in [0.5, 0.6) is 0 Å². The number of nitrogens with zero attached hydrogens (tertiary/aromatic N) is 1. The molecule has 28 heavy (non-hydrogen) atoms. The highest BCUT2D eigenvalue weighted by Crippen LogP contribution is 2.28. The molecule has 0 aromatic heterocycles. The minimum absolute atomic E-state index is 0.271. The predicted molar refractivity (Wildman–Crippen MR) is 116 cm³/mol. The van der Waals surface area contributed by atoms with Gasteiger partial charge in [0, 0.05) is 22.6 Å². The van der Waals surface area contributed by atoms with Crippen LogP contribution < -0.4 is 0 Å². The average Bonchev–Trinajstić information content (AvgIpc) is 2.71. The van der Waals surface area contributed by atoms with Crippen molar-refractivity contribution in [3.05, 3.63) is 69.7 Å². The Bertz CT molecular complexity index is 675. The number of halogens is 2. The predicted octanol–water partition coefficient (Wildman–Crippen LogP) is 5.72. The molecule has 2 aromatic carbocycles. The second-order valence-corrected chi connectivity index (χ2v) is 8.40. The number of benzene rings is 2. The third kappa shape index (κ3) is 5.95. The molecule has 1 fully saturated rings. The molecule has 0 saturated carbocycles. The third-order valence-corrected chi connectivity index (χ3v) is 5.97. The number of hydrogen-bond acceptors (Lipinski definition) is 3. The molecule has 1 saturated heterocycles. The largest absolute Gasteiger partial charge is 0.389 e. The summed E-state index contributed by atoms with van der Waals surface area (Å²) >= 11 is 12.1. The van der Waals surface area contributed by atoms with E-state index >= 15 is 0 Å². The van der Waals surface area contributed by atoms with E-state index in [9.17, 15) is 5.11 Å². The Kier molecular flexibility index (Phi) is 8.19. The lowest BCUT2D eigenvalue weighted by Crippen LogP contribution is -2.44. The van der Waals surface area contributed by atoms with Gasteiger partial charge in [0.05, 0.1) is 12.7 Å². The Morgan fingerprint density at radius 3 is 2.11 bits per heavy atom. The maximum atomic E-state index is 10.6. The number of likely N-dealkylation sites (tertiary alicyclic amines) is 1. The number of piperidine rings is 1. The van der Waals surface area contributed by atoms with E-state index in [1.165, 1.54) is 19.3 Å². The van der Waals surface area contributed by atoms with Crippen molar-refractivity contribution in [2.24, 2.45) is 0 Å². The van der Waals surface area contributed by atoms with E-state index in [1.54, 1.807) is 0 Å². The molecule has 1 aliphatic rings. The van der Waals surface area contributed by atoms with E-state index in [0.717, 1.165) is 24.1 Å². The van der Waals surface area contributed by atoms with Gasteiger partial charge in [-0.1, -0.05) is 60.8 Å². The standard InChI is InChI=1S/C23H29Cl2NO2/c1-2-21-5-3-4-14-26(21)15-22(27)16-28-23(17-6-10-19(24)11-7-17)18-8-12-20(25)13-9-18/h6-13,21-23,27H,2-5,14-16H2,1H3/t21-,22-/m1/s1. The Labute approximate surface area is 178 Å². The van der Waals surface area contributed by atoms with Crippen molar-refractivity contribution in [1.29, 1.82) is 0 Å². The second kappa shape index (κ2) is 10.6. The van der Waals surface area contributed by atoms with Crippen molar-refractivity contribution in [3.63, 3.8) is 0 Å². The van der Waals surface area contributed by atoms with Crippen LogP contribution in [0.15, 0.2) is 48.5 Å². The average molecular weight is 422 g/mol. The van der Waals surface area contributed by atoms with Gasteiger partial charge in [0.1, 0.15) is 6.10 Å². The van der Waals surface area contributed by atoms with E-state index in [4.69, 9.17) is 27.9 Å². The van der Waals surface area contributed by atoms with Gasteiger partial charge in [-0.25, -0.2) is 0 Å². The summed E-state index contributed by atoms with van der Waals surface area (Å²) in [6.07, 6.45) is 4.06. The first-order valence-electron chi connectivity index (χ1n) is 10.1. The maximum Gasteiger partial charge on any atom is 0.108 e. The molecular weight excluding hydrogens is 393 g/mol. The fourth-order valence-electron chi connectivity index (χ4n) is 3.95. The van der Waals surface area contributed by atoms with Crippen molar-refractivity contribution < 1.29 is 9.84 Å². The monoisotopic (exact) mass is 421 g/mol. The molecule has 3 nitrogen and oxygen atoms in total. The fourth-order valence-corrected chi connectivity index (χ4v) is 4.21. The molecule has 0 unspecified atom stereocenters. The zero-order valence-corrected chi connectivity index (χ0v) is 17.9. The molecule has 1 aliphatic heterocycles. The first-order valence-corrected chi connectivity index (χ1v) is 10.9. The summed E-state index contributed by atoms with van der Waals surface area (Å²) < 4.78 is 6.20. The molecule has 152 valence electrons. The van der Waals surface area contributed by atoms with E-state index < -0.39 is 6.10 Å². The highest BCUT2D eigenvalue weighted by atomic mass is 35.5. The normalized spacial score (nSPS) is 19.1. The molecule has 0 aliphatic carbocycles. The number of ether oxygens (including phenoxy) is 1. The molecule has 0 spiro atoms. The highest BCUT2D eigenvalue weighted by Gasteiger charge is 2.24. The summed E-state index contributed by atoms with van der Waals surface area (Å²) in [6, 6.07) is 15.9. The van der Waals surface area contributed by atoms with Crippen molar-refractivity contribution in [1.82, 2.24) is 4.90 Å². The van der Waals surface area contributed by atoms with Gasteiger partial charge in [0.2, 0.25) is 0 Å². The van der Waals surface area contributed by atoms with Crippen LogP contribution in [0.25, 0.3) is 0 Å². The molecule has 2 atom stereocenters. The fraction of sp³-hybridized carbons (Fsp3) is 0.478. The zero-order valence-electron chi connectivity index (χ0n) is 16.4. The van der Waals surface area contributed by atoms with Gasteiger partial charge in [0.15, 0.2) is 0 Å². The number of β-amino-alcohol motifs (C(OH)–C–C–N with tert-alkyl or cyclic N) is 1. The molecule has 1 heterocycles. The van der Waals surface area contributed by atoms with Gasteiger partial charge in [0.25, 0.3) is 0 Å². The molecule has 0 radical (unpaired) electrons. The third-order valence-electron chi connectivity index (χ3n) is 5.47. The molecule has 5 heteroatoms. The van der Waals surface area contributed by atoms with Gasteiger partial charge in [-0.15, -0.1) is 0 Å². The van der Waals surface area contributed by atoms with Gasteiger partial charge in [-0.3, -0.25) is 4.90 Å². The Balaban J connectivity index is 1.67. The van der Waals surface area contributed by atoms with Crippen LogP contribution in [0.3, 0.4) is 0 Å². The van der Waals surface area contributed by atoms with E-state index in [-0.39, 0.29) is 12.7 Å². The first-order chi connectivity index (χ1) is 13.6. The SMILES string of the molecule is CC[C@@H]1CCCCN1C[C@@H](O)COC(c1ccc(Cl)cc1)c1ccc(Cl)cc1. The lowest BCUT2D eigenvalue weighted by atomic mass is 9.99. The molecule has 0 bridgehead atoms. The Morgan fingerprint density at radius 2 is 1.57 bits per heavy atom. The minimum atomic E-state index is -0.519. The molecule has 1 N–H and O–H groups in total. The van der Waals surface area contributed by atoms with Crippen LogP contribution in [-0.4, -0.2) is 41.8 Å². The highest BCUT2D eigenvalue weighted by molar-refractivity contribution is 6.30. The number of hydrogen-bond donors (Lipinski definition) is 1. The topological polar surface area (TPSA) is 32.7 Å². The lowest BCUT2D eigenvalue weighted by Gasteiger charge is -2.36. The minimum Gasteiger partial charge on any atom is -0.389 e. The Morgan fingerprint density at radius 1 is 1.00 bits per heavy atom. The van der Waals surface area contributed by atoms with Crippen LogP contribution >= 0.6 is 23.2 Å². The van der Waals surface area contributed by atoms with Crippen molar-refractivity contribution in [2.45, 2.75) is 50.9 Å². The summed E-state index contributed by atoms with van der Waals surface area (Å²) in [5.41, 5.74) is 2.01. The summed E-state index contributed by atoms with van der Waals surface area (Å²) in [5, 5.41) is 12.0. The van der Waals surface area contributed by atoms with Gasteiger partial charge in [-0.2, -0.15) is 0 Å². The summed E-state index contributed by atoms with van der Waals surface area (Å²) in [4.78, 5) is 2.41. The van der Waals surface area contributed by atoms with Crippen LogP contribution in [0.1, 0.15) is 49.8 Å². The van der Waals surface area contributed by atoms with Gasteiger partial charge in [-0.05, 0) is 61.2 Å². The second-order valence-electron chi connectivity index (χ2n) is 7.52. The van der Waals surface area contributed by atoms with E-state index in [0.29, 0.717) is 22.6 Å². The number of aliphatic hydroxyl groups excluding tert-OH is 1. The molecule has 0 amide bonds. The van der Waals surface area contributed by atoms with Gasteiger partial charge < -0.3 is 9.84 Å².